The number of nitrogens with zero attached hydrogens (tertiary/aromatic N) is 2. The van der Waals surface area contributed by atoms with E-state index in [4.69, 9.17) is 10.5 Å². The first-order valence-electron chi connectivity index (χ1n) is 6.63. The van der Waals surface area contributed by atoms with Gasteiger partial charge in [0.2, 0.25) is 5.95 Å². The Morgan fingerprint density at radius 1 is 1.29 bits per heavy atom. The van der Waals surface area contributed by atoms with E-state index >= 15 is 0 Å². The van der Waals surface area contributed by atoms with Crippen LogP contribution in [0.3, 0.4) is 0 Å². The summed E-state index contributed by atoms with van der Waals surface area (Å²) in [6.45, 7) is 2.29. The largest absolute Gasteiger partial charge is 0.497 e. The zero-order valence-corrected chi connectivity index (χ0v) is 11.9. The van der Waals surface area contributed by atoms with Crippen LogP contribution in [0.25, 0.3) is 11.0 Å². The highest BCUT2D eigenvalue weighted by Crippen LogP contribution is 2.23. The maximum absolute atomic E-state index is 13.6. The number of nitrogens with two attached hydrogens (primary N) is 1. The fourth-order valence-electron chi connectivity index (χ4n) is 2.39. The zero-order chi connectivity index (χ0) is 15.0. The quantitative estimate of drug-likeness (QED) is 0.804. The number of aryl methyl sites for hydroxylation is 1. The molecule has 0 bridgehead atoms. The van der Waals surface area contributed by atoms with Gasteiger partial charge in [0.1, 0.15) is 11.6 Å². The van der Waals surface area contributed by atoms with Crippen LogP contribution < -0.4 is 10.5 Å². The number of nitrogen functional groups attached to an aromatic ring is 1. The summed E-state index contributed by atoms with van der Waals surface area (Å²) in [4.78, 5) is 4.22. The Bertz CT molecular complexity index is 811. The van der Waals surface area contributed by atoms with Gasteiger partial charge in [-0.3, -0.25) is 0 Å². The predicted molar refractivity (Wildman–Crippen MR) is 80.9 cm³/mol. The summed E-state index contributed by atoms with van der Waals surface area (Å²) < 4.78 is 20.7. The Morgan fingerprint density at radius 3 is 2.86 bits per heavy atom. The molecule has 0 unspecified atom stereocenters. The molecular formula is C16H16FN3O. The zero-order valence-electron chi connectivity index (χ0n) is 11.9. The van der Waals surface area contributed by atoms with Crippen molar-refractivity contribution in [2.24, 2.45) is 0 Å². The highest BCUT2D eigenvalue weighted by molar-refractivity contribution is 5.79. The molecule has 0 saturated heterocycles. The molecule has 0 amide bonds. The molecule has 2 N–H and O–H groups in total. The average molecular weight is 285 g/mol. The number of anilines is 1. The summed E-state index contributed by atoms with van der Waals surface area (Å²) in [5.74, 6) is 0.893. The third-order valence-corrected chi connectivity index (χ3v) is 3.53. The van der Waals surface area contributed by atoms with Crippen LogP contribution in [-0.2, 0) is 6.54 Å². The van der Waals surface area contributed by atoms with Crippen LogP contribution in [0.5, 0.6) is 5.75 Å². The molecule has 0 saturated carbocycles. The molecule has 0 aliphatic carbocycles. The molecule has 0 spiro atoms. The van der Waals surface area contributed by atoms with Gasteiger partial charge in [-0.15, -0.1) is 0 Å². The first kappa shape index (κ1) is 13.4. The molecule has 2 aromatic carbocycles. The normalized spacial score (nSPS) is 11.0. The molecule has 0 fully saturated rings. The maximum Gasteiger partial charge on any atom is 0.201 e. The molecule has 0 atom stereocenters. The smallest absolute Gasteiger partial charge is 0.201 e. The minimum Gasteiger partial charge on any atom is -0.497 e. The summed E-state index contributed by atoms with van der Waals surface area (Å²) >= 11 is 0. The van der Waals surface area contributed by atoms with Gasteiger partial charge in [0, 0.05) is 6.07 Å². The number of methoxy groups -OCH3 is 1. The second kappa shape index (κ2) is 5.09. The van der Waals surface area contributed by atoms with E-state index < -0.39 is 0 Å². The highest BCUT2D eigenvalue weighted by atomic mass is 19.1. The van der Waals surface area contributed by atoms with Crippen LogP contribution in [0, 0.1) is 12.7 Å². The lowest BCUT2D eigenvalue weighted by Gasteiger charge is -2.08. The second-order valence-corrected chi connectivity index (χ2v) is 5.00. The molecule has 0 aliphatic heterocycles. The standard InChI is InChI=1S/C16H16FN3O/c1-10-6-15-14(8-13(10)17)19-16(18)20(15)9-11-4-3-5-12(7-11)21-2/h3-8H,9H2,1-2H3,(H2,18,19). The lowest BCUT2D eigenvalue weighted by molar-refractivity contribution is 0.414. The summed E-state index contributed by atoms with van der Waals surface area (Å²) in [6.07, 6.45) is 0. The highest BCUT2D eigenvalue weighted by Gasteiger charge is 2.11. The molecule has 4 nitrogen and oxygen atoms in total. The van der Waals surface area contributed by atoms with Gasteiger partial charge in [0.15, 0.2) is 0 Å². The lowest BCUT2D eigenvalue weighted by atomic mass is 10.2. The van der Waals surface area contributed by atoms with Crippen molar-refractivity contribution in [2.45, 2.75) is 13.5 Å². The fraction of sp³-hybridized carbons (Fsp3) is 0.188. The number of hydrogen-bond donors (Lipinski definition) is 1. The Hall–Kier alpha value is -2.56. The number of imidazole rings is 1. The van der Waals surface area contributed by atoms with E-state index in [1.807, 2.05) is 28.8 Å². The van der Waals surface area contributed by atoms with Gasteiger partial charge in [-0.2, -0.15) is 0 Å². The maximum atomic E-state index is 13.6. The molecule has 0 aliphatic rings. The van der Waals surface area contributed by atoms with Crippen molar-refractivity contribution in [1.82, 2.24) is 9.55 Å². The number of hydrogen-bond acceptors (Lipinski definition) is 3. The van der Waals surface area contributed by atoms with Gasteiger partial charge in [-0.1, -0.05) is 12.1 Å². The van der Waals surface area contributed by atoms with Gasteiger partial charge in [0.25, 0.3) is 0 Å². The third kappa shape index (κ3) is 2.42. The van der Waals surface area contributed by atoms with Crippen molar-refractivity contribution in [2.75, 3.05) is 12.8 Å². The van der Waals surface area contributed by atoms with Crippen LogP contribution in [0.1, 0.15) is 11.1 Å². The second-order valence-electron chi connectivity index (χ2n) is 5.00. The van der Waals surface area contributed by atoms with E-state index in [1.165, 1.54) is 6.07 Å². The van der Waals surface area contributed by atoms with Gasteiger partial charge in [-0.05, 0) is 36.2 Å². The molecule has 1 heterocycles. The minimum absolute atomic E-state index is 0.270. The van der Waals surface area contributed by atoms with E-state index in [1.54, 1.807) is 20.1 Å². The number of ether oxygens (including phenoxy) is 1. The molecule has 3 aromatic rings. The molecule has 0 radical (unpaired) electrons. The van der Waals surface area contributed by atoms with E-state index in [9.17, 15) is 4.39 Å². The number of halogens is 1. The summed E-state index contributed by atoms with van der Waals surface area (Å²) in [6, 6.07) is 10.9. The van der Waals surface area contributed by atoms with Crippen molar-refractivity contribution in [1.29, 1.82) is 0 Å². The van der Waals surface area contributed by atoms with Gasteiger partial charge < -0.3 is 15.0 Å². The molecule has 21 heavy (non-hydrogen) atoms. The van der Waals surface area contributed by atoms with Crippen LogP contribution in [0.2, 0.25) is 0 Å². The van der Waals surface area contributed by atoms with Crippen molar-refractivity contribution in [3.05, 3.63) is 53.3 Å². The summed E-state index contributed by atoms with van der Waals surface area (Å²) in [5.41, 5.74) is 8.99. The number of aromatic nitrogens is 2. The Balaban J connectivity index is 2.07. The monoisotopic (exact) mass is 285 g/mol. The van der Waals surface area contributed by atoms with Crippen molar-refractivity contribution >= 4 is 17.0 Å². The third-order valence-electron chi connectivity index (χ3n) is 3.53. The lowest BCUT2D eigenvalue weighted by Crippen LogP contribution is -2.04. The molecular weight excluding hydrogens is 269 g/mol. The van der Waals surface area contributed by atoms with E-state index in [0.717, 1.165) is 16.8 Å². The van der Waals surface area contributed by atoms with Crippen LogP contribution in [0.15, 0.2) is 36.4 Å². The van der Waals surface area contributed by atoms with Crippen LogP contribution >= 0.6 is 0 Å². The number of rotatable bonds is 3. The average Bonchev–Trinajstić information content (AvgIpc) is 2.76. The van der Waals surface area contributed by atoms with Gasteiger partial charge in [-0.25, -0.2) is 9.37 Å². The molecule has 108 valence electrons. The Morgan fingerprint density at radius 2 is 2.10 bits per heavy atom. The molecule has 1 aromatic heterocycles. The first-order chi connectivity index (χ1) is 10.1. The van der Waals surface area contributed by atoms with E-state index in [0.29, 0.717) is 23.6 Å². The number of benzene rings is 2. The van der Waals surface area contributed by atoms with Crippen molar-refractivity contribution in [3.8, 4) is 5.75 Å². The molecule has 3 rings (SSSR count). The topological polar surface area (TPSA) is 53.1 Å². The van der Waals surface area contributed by atoms with Crippen molar-refractivity contribution < 1.29 is 9.13 Å². The predicted octanol–water partition coefficient (Wildman–Crippen LogP) is 3.12. The molecule has 5 heteroatoms. The minimum atomic E-state index is -0.270. The van der Waals surface area contributed by atoms with Crippen LogP contribution in [-0.4, -0.2) is 16.7 Å². The van der Waals surface area contributed by atoms with Crippen LogP contribution in [0.4, 0.5) is 10.3 Å². The van der Waals surface area contributed by atoms with Gasteiger partial charge in [0.05, 0.1) is 24.7 Å². The van der Waals surface area contributed by atoms with Gasteiger partial charge >= 0.3 is 0 Å². The Labute approximate surface area is 122 Å². The number of fused-ring (bicyclic) bond motifs is 1. The Kier molecular flexibility index (Phi) is 3.25. The summed E-state index contributed by atoms with van der Waals surface area (Å²) in [5, 5.41) is 0. The van der Waals surface area contributed by atoms with E-state index in [2.05, 4.69) is 4.98 Å². The fourth-order valence-corrected chi connectivity index (χ4v) is 2.39. The van der Waals surface area contributed by atoms with Crippen molar-refractivity contribution in [3.63, 3.8) is 0 Å². The first-order valence-corrected chi connectivity index (χ1v) is 6.63. The van der Waals surface area contributed by atoms with E-state index in [-0.39, 0.29) is 5.82 Å². The summed E-state index contributed by atoms with van der Waals surface area (Å²) in [7, 11) is 1.63. The SMILES string of the molecule is COc1cccc(Cn2c(N)nc3cc(F)c(C)cc32)c1.